The van der Waals surface area contributed by atoms with E-state index in [9.17, 15) is 4.79 Å². The van der Waals surface area contributed by atoms with Gasteiger partial charge in [0.05, 0.1) is 0 Å². The monoisotopic (exact) mass is 239 g/mol. The zero-order valence-electron chi connectivity index (χ0n) is 11.0. The van der Waals surface area contributed by atoms with Gasteiger partial charge in [0.25, 0.3) is 0 Å². The van der Waals surface area contributed by atoms with Crippen LogP contribution in [0.25, 0.3) is 11.8 Å². The molecule has 0 amide bonds. The van der Waals surface area contributed by atoms with Gasteiger partial charge in [-0.15, -0.1) is 0 Å². The summed E-state index contributed by atoms with van der Waals surface area (Å²) in [6.07, 6.45) is 1.76. The molecule has 0 N–H and O–H groups in total. The van der Waals surface area contributed by atoms with Crippen molar-refractivity contribution in [3.05, 3.63) is 59.4 Å². The van der Waals surface area contributed by atoms with Gasteiger partial charge in [-0.3, -0.25) is 4.79 Å². The van der Waals surface area contributed by atoms with Crippen LogP contribution in [0.15, 0.2) is 36.9 Å². The lowest BCUT2D eigenvalue weighted by Gasteiger charge is -2.09. The number of benzene rings is 1. The van der Waals surface area contributed by atoms with Crippen molar-refractivity contribution in [1.82, 2.24) is 4.57 Å². The highest BCUT2D eigenvalue weighted by Crippen LogP contribution is 2.27. The molecule has 0 aliphatic rings. The van der Waals surface area contributed by atoms with Crippen molar-refractivity contribution in [2.75, 3.05) is 0 Å². The Morgan fingerprint density at radius 1 is 1.17 bits per heavy atom. The smallest absolute Gasteiger partial charge is 0.162 e. The fourth-order valence-electron chi connectivity index (χ4n) is 2.52. The van der Waals surface area contributed by atoms with Crippen LogP contribution < -0.4 is 0 Å². The van der Waals surface area contributed by atoms with E-state index in [0.717, 1.165) is 28.2 Å². The van der Waals surface area contributed by atoms with Crippen molar-refractivity contribution in [1.29, 1.82) is 0 Å². The molecule has 0 saturated heterocycles. The number of Topliss-reactive ketones (excluding diaryl/α,β-unsaturated/α-hetero) is 1. The van der Waals surface area contributed by atoms with Crippen LogP contribution in [0.1, 0.15) is 34.2 Å². The summed E-state index contributed by atoms with van der Waals surface area (Å²) in [5, 5.41) is 0. The summed E-state index contributed by atoms with van der Waals surface area (Å²) < 4.78 is 2.10. The first-order valence-electron chi connectivity index (χ1n) is 5.98. The largest absolute Gasteiger partial charge is 0.317 e. The molecule has 0 bridgehead atoms. The molecule has 1 aromatic heterocycles. The second-order valence-electron chi connectivity index (χ2n) is 4.39. The summed E-state index contributed by atoms with van der Waals surface area (Å²) in [5.74, 6) is 0.0835. The van der Waals surface area contributed by atoms with Crippen LogP contribution in [0.5, 0.6) is 0 Å². The van der Waals surface area contributed by atoms with Gasteiger partial charge < -0.3 is 4.57 Å². The first-order valence-corrected chi connectivity index (χ1v) is 5.98. The van der Waals surface area contributed by atoms with Crippen LogP contribution in [0.2, 0.25) is 0 Å². The molecule has 2 aromatic rings. The molecule has 1 aromatic carbocycles. The zero-order chi connectivity index (χ0) is 13.3. The van der Waals surface area contributed by atoms with Gasteiger partial charge >= 0.3 is 0 Å². The van der Waals surface area contributed by atoms with Gasteiger partial charge in [0.1, 0.15) is 0 Å². The molecule has 0 atom stereocenters. The molecule has 0 radical (unpaired) electrons. The lowest BCUT2D eigenvalue weighted by molar-refractivity contribution is 0.101. The number of para-hydroxylation sites is 1. The lowest BCUT2D eigenvalue weighted by atomic mass is 10.1. The van der Waals surface area contributed by atoms with Crippen LogP contribution in [0.4, 0.5) is 0 Å². The second-order valence-corrected chi connectivity index (χ2v) is 4.39. The van der Waals surface area contributed by atoms with Crippen molar-refractivity contribution in [2.45, 2.75) is 20.8 Å². The van der Waals surface area contributed by atoms with Crippen LogP contribution >= 0.6 is 0 Å². The van der Waals surface area contributed by atoms with Crippen LogP contribution in [-0.4, -0.2) is 10.4 Å². The van der Waals surface area contributed by atoms with Gasteiger partial charge in [-0.1, -0.05) is 30.9 Å². The summed E-state index contributed by atoms with van der Waals surface area (Å²) in [7, 11) is 0. The van der Waals surface area contributed by atoms with E-state index < -0.39 is 0 Å². The summed E-state index contributed by atoms with van der Waals surface area (Å²) in [6.45, 7) is 9.41. The molecule has 0 saturated carbocycles. The highest BCUT2D eigenvalue weighted by Gasteiger charge is 2.19. The van der Waals surface area contributed by atoms with Gasteiger partial charge in [0.15, 0.2) is 5.78 Å². The van der Waals surface area contributed by atoms with E-state index in [2.05, 4.69) is 11.1 Å². The lowest BCUT2D eigenvalue weighted by Crippen LogP contribution is -2.00. The Kier molecular flexibility index (Phi) is 3.19. The minimum Gasteiger partial charge on any atom is -0.317 e. The Morgan fingerprint density at radius 3 is 2.22 bits per heavy atom. The van der Waals surface area contributed by atoms with Gasteiger partial charge in [-0.05, 0) is 32.9 Å². The second kappa shape index (κ2) is 4.65. The Labute approximate surface area is 108 Å². The summed E-state index contributed by atoms with van der Waals surface area (Å²) in [4.78, 5) is 11.8. The normalized spacial score (nSPS) is 10.4. The van der Waals surface area contributed by atoms with Crippen molar-refractivity contribution in [3.63, 3.8) is 0 Å². The quantitative estimate of drug-likeness (QED) is 0.743. The van der Waals surface area contributed by atoms with E-state index >= 15 is 0 Å². The van der Waals surface area contributed by atoms with Crippen molar-refractivity contribution in [2.24, 2.45) is 0 Å². The van der Waals surface area contributed by atoms with Gasteiger partial charge in [-0.2, -0.15) is 0 Å². The van der Waals surface area contributed by atoms with Crippen LogP contribution in [0.3, 0.4) is 0 Å². The summed E-state index contributed by atoms with van der Waals surface area (Å²) in [5.41, 5.74) is 4.80. The van der Waals surface area contributed by atoms with Crippen molar-refractivity contribution < 1.29 is 4.79 Å². The van der Waals surface area contributed by atoms with Gasteiger partial charge in [0, 0.05) is 28.2 Å². The number of ketones is 1. The highest BCUT2D eigenvalue weighted by atomic mass is 16.1. The number of hydrogen-bond donors (Lipinski definition) is 0. The standard InChI is InChI=1S/C16H17NO/c1-5-15-11(2)17(12(3)16(15)13(4)18)14-9-7-6-8-10-14/h5-10H,1H2,2-4H3. The Morgan fingerprint density at radius 2 is 1.78 bits per heavy atom. The molecule has 2 rings (SSSR count). The van der Waals surface area contributed by atoms with E-state index in [0.29, 0.717) is 0 Å². The van der Waals surface area contributed by atoms with Gasteiger partial charge in [0.2, 0.25) is 0 Å². The predicted octanol–water partition coefficient (Wildman–Crippen LogP) is 3.94. The minimum atomic E-state index is 0.0835. The molecule has 2 heteroatoms. The molecule has 0 aliphatic heterocycles. The van der Waals surface area contributed by atoms with Crippen molar-refractivity contribution >= 4 is 11.9 Å². The third-order valence-electron chi connectivity index (χ3n) is 3.26. The fourth-order valence-corrected chi connectivity index (χ4v) is 2.52. The summed E-state index contributed by atoms with van der Waals surface area (Å²) >= 11 is 0. The van der Waals surface area contributed by atoms with Crippen LogP contribution in [-0.2, 0) is 0 Å². The molecule has 0 unspecified atom stereocenters. The van der Waals surface area contributed by atoms with E-state index in [-0.39, 0.29) is 5.78 Å². The van der Waals surface area contributed by atoms with Crippen molar-refractivity contribution in [3.8, 4) is 5.69 Å². The Bertz CT molecular complexity index is 606. The zero-order valence-corrected chi connectivity index (χ0v) is 11.0. The molecule has 0 fully saturated rings. The number of rotatable bonds is 3. The molecular formula is C16H17NO. The number of carbonyl (C=O) groups is 1. The molecule has 1 heterocycles. The maximum Gasteiger partial charge on any atom is 0.162 e. The molecule has 0 spiro atoms. The highest BCUT2D eigenvalue weighted by molar-refractivity contribution is 5.99. The van der Waals surface area contributed by atoms with E-state index in [4.69, 9.17) is 0 Å². The Hall–Kier alpha value is -2.09. The molecule has 18 heavy (non-hydrogen) atoms. The minimum absolute atomic E-state index is 0.0835. The third kappa shape index (κ3) is 1.80. The fraction of sp³-hybridized carbons (Fsp3) is 0.188. The maximum absolute atomic E-state index is 11.8. The molecule has 92 valence electrons. The summed E-state index contributed by atoms with van der Waals surface area (Å²) in [6, 6.07) is 10.1. The van der Waals surface area contributed by atoms with E-state index in [1.807, 2.05) is 44.2 Å². The first-order chi connectivity index (χ1) is 8.57. The number of hydrogen-bond acceptors (Lipinski definition) is 1. The number of aromatic nitrogens is 1. The predicted molar refractivity (Wildman–Crippen MR) is 75.3 cm³/mol. The average molecular weight is 239 g/mol. The Balaban J connectivity index is 2.78. The molecular weight excluding hydrogens is 222 g/mol. The SMILES string of the molecule is C=Cc1c(C(C)=O)c(C)n(-c2ccccc2)c1C. The van der Waals surface area contributed by atoms with E-state index in [1.165, 1.54) is 0 Å². The third-order valence-corrected chi connectivity index (χ3v) is 3.26. The van der Waals surface area contributed by atoms with Gasteiger partial charge in [-0.25, -0.2) is 0 Å². The first kappa shape index (κ1) is 12.4. The topological polar surface area (TPSA) is 22.0 Å². The molecule has 2 nitrogen and oxygen atoms in total. The molecule has 0 aliphatic carbocycles. The number of carbonyl (C=O) groups excluding carboxylic acids is 1. The van der Waals surface area contributed by atoms with Crippen LogP contribution in [0, 0.1) is 13.8 Å². The number of nitrogens with zero attached hydrogens (tertiary/aromatic N) is 1. The van der Waals surface area contributed by atoms with E-state index in [1.54, 1.807) is 13.0 Å². The maximum atomic E-state index is 11.8. The average Bonchev–Trinajstić information content (AvgIpc) is 2.61.